The fourth-order valence-electron chi connectivity index (χ4n) is 2.12. The third-order valence-electron chi connectivity index (χ3n) is 3.16. The molecule has 2 heterocycles. The van der Waals surface area contributed by atoms with Gasteiger partial charge in [-0.2, -0.15) is 15.1 Å². The lowest BCUT2D eigenvalue weighted by Crippen LogP contribution is -2.14. The predicted molar refractivity (Wildman–Crippen MR) is 77.9 cm³/mol. The lowest BCUT2D eigenvalue weighted by atomic mass is 10.1. The van der Waals surface area contributed by atoms with Crippen LogP contribution in [-0.4, -0.2) is 20.2 Å². The van der Waals surface area contributed by atoms with Crippen LogP contribution in [0.15, 0.2) is 30.5 Å². The maximum absolute atomic E-state index is 13.8. The van der Waals surface area contributed by atoms with E-state index < -0.39 is 0 Å². The van der Waals surface area contributed by atoms with Crippen molar-refractivity contribution in [3.05, 3.63) is 41.8 Å². The zero-order chi connectivity index (χ0) is 14.8. The van der Waals surface area contributed by atoms with Gasteiger partial charge in [-0.15, -0.1) is 0 Å². The highest BCUT2D eigenvalue weighted by Gasteiger charge is 2.14. The number of hydrazine groups is 1. The average molecular weight is 287 g/mol. The summed E-state index contributed by atoms with van der Waals surface area (Å²) >= 11 is 0. The van der Waals surface area contributed by atoms with Crippen LogP contribution >= 0.6 is 0 Å². The second-order valence-electron chi connectivity index (χ2n) is 4.56. The lowest BCUT2D eigenvalue weighted by Gasteiger charge is -2.16. The molecule has 1 unspecified atom stereocenters. The summed E-state index contributed by atoms with van der Waals surface area (Å²) in [7, 11) is 0. The minimum absolute atomic E-state index is 0.245. The molecule has 0 amide bonds. The van der Waals surface area contributed by atoms with E-state index in [2.05, 4.69) is 30.9 Å². The molecule has 5 N–H and O–H groups in total. The van der Waals surface area contributed by atoms with Gasteiger partial charge in [0, 0.05) is 5.56 Å². The fraction of sp³-hybridized carbons (Fsp3) is 0.154. The number of rotatable bonds is 4. The lowest BCUT2D eigenvalue weighted by molar-refractivity contribution is 0.600. The number of fused-ring (bicyclic) bond motifs is 1. The van der Waals surface area contributed by atoms with Gasteiger partial charge in [-0.05, 0) is 13.0 Å². The van der Waals surface area contributed by atoms with Crippen LogP contribution in [-0.2, 0) is 0 Å². The van der Waals surface area contributed by atoms with Gasteiger partial charge < -0.3 is 5.32 Å². The van der Waals surface area contributed by atoms with Crippen molar-refractivity contribution < 1.29 is 4.39 Å². The number of nitrogens with one attached hydrogen (secondary N) is 3. The van der Waals surface area contributed by atoms with Gasteiger partial charge in [-0.1, -0.05) is 18.2 Å². The number of aromatic nitrogens is 4. The molecular formula is C13H14FN7. The molecule has 108 valence electrons. The SMILES string of the molecule is CC(Nc1nc(NN)nc2[nH]ncc12)c1ccccc1F. The van der Waals surface area contributed by atoms with Gasteiger partial charge in [0.15, 0.2) is 5.65 Å². The molecule has 21 heavy (non-hydrogen) atoms. The van der Waals surface area contributed by atoms with Crippen molar-refractivity contribution in [1.82, 2.24) is 20.2 Å². The maximum Gasteiger partial charge on any atom is 0.241 e. The molecule has 1 atom stereocenters. The van der Waals surface area contributed by atoms with E-state index in [0.29, 0.717) is 22.4 Å². The Morgan fingerprint density at radius 3 is 2.86 bits per heavy atom. The van der Waals surface area contributed by atoms with E-state index in [9.17, 15) is 4.39 Å². The number of benzene rings is 1. The zero-order valence-corrected chi connectivity index (χ0v) is 11.3. The summed E-state index contributed by atoms with van der Waals surface area (Å²) in [5.41, 5.74) is 3.48. The van der Waals surface area contributed by atoms with Crippen LogP contribution < -0.4 is 16.6 Å². The number of hydrogen-bond acceptors (Lipinski definition) is 6. The summed E-state index contributed by atoms with van der Waals surface area (Å²) in [5, 5.41) is 10.5. The minimum atomic E-state index is -0.273. The van der Waals surface area contributed by atoms with Crippen molar-refractivity contribution in [2.45, 2.75) is 13.0 Å². The van der Waals surface area contributed by atoms with E-state index >= 15 is 0 Å². The molecule has 2 aromatic heterocycles. The van der Waals surface area contributed by atoms with Crippen molar-refractivity contribution in [3.63, 3.8) is 0 Å². The van der Waals surface area contributed by atoms with E-state index in [0.717, 1.165) is 0 Å². The van der Waals surface area contributed by atoms with Gasteiger partial charge in [0.2, 0.25) is 5.95 Å². The van der Waals surface area contributed by atoms with E-state index in [1.807, 2.05) is 6.92 Å². The largest absolute Gasteiger partial charge is 0.363 e. The number of hydrogen-bond donors (Lipinski definition) is 4. The van der Waals surface area contributed by atoms with Gasteiger partial charge in [-0.3, -0.25) is 10.5 Å². The molecule has 0 aliphatic rings. The Morgan fingerprint density at radius 2 is 2.10 bits per heavy atom. The van der Waals surface area contributed by atoms with Crippen LogP contribution in [0.2, 0.25) is 0 Å². The molecule has 0 saturated heterocycles. The summed E-state index contributed by atoms with van der Waals surface area (Å²) in [5.74, 6) is 5.85. The third-order valence-corrected chi connectivity index (χ3v) is 3.16. The highest BCUT2D eigenvalue weighted by molar-refractivity contribution is 5.87. The van der Waals surface area contributed by atoms with Gasteiger partial charge in [0.1, 0.15) is 11.6 Å². The highest BCUT2D eigenvalue weighted by Crippen LogP contribution is 2.25. The number of nitrogen functional groups attached to an aromatic ring is 1. The van der Waals surface area contributed by atoms with E-state index in [1.165, 1.54) is 6.07 Å². The van der Waals surface area contributed by atoms with E-state index in [4.69, 9.17) is 5.84 Å². The van der Waals surface area contributed by atoms with Gasteiger partial charge >= 0.3 is 0 Å². The first-order chi connectivity index (χ1) is 10.2. The van der Waals surface area contributed by atoms with Crippen LogP contribution in [0.4, 0.5) is 16.2 Å². The summed E-state index contributed by atoms with van der Waals surface area (Å²) in [6.45, 7) is 1.85. The summed E-state index contributed by atoms with van der Waals surface area (Å²) in [6.07, 6.45) is 1.60. The van der Waals surface area contributed by atoms with Crippen LogP contribution in [0.1, 0.15) is 18.5 Å². The van der Waals surface area contributed by atoms with Gasteiger partial charge in [-0.25, -0.2) is 10.2 Å². The van der Waals surface area contributed by atoms with Crippen molar-refractivity contribution in [2.24, 2.45) is 5.84 Å². The van der Waals surface area contributed by atoms with Crippen molar-refractivity contribution in [2.75, 3.05) is 10.7 Å². The molecule has 0 saturated carbocycles. The number of anilines is 2. The van der Waals surface area contributed by atoms with Crippen molar-refractivity contribution >= 4 is 22.8 Å². The van der Waals surface area contributed by atoms with Crippen LogP contribution in [0.5, 0.6) is 0 Å². The molecule has 8 heteroatoms. The predicted octanol–water partition coefficient (Wildman–Crippen LogP) is 1.95. The first-order valence-electron chi connectivity index (χ1n) is 6.37. The number of nitrogens with zero attached hydrogens (tertiary/aromatic N) is 3. The molecule has 0 spiro atoms. The first-order valence-corrected chi connectivity index (χ1v) is 6.37. The van der Waals surface area contributed by atoms with Gasteiger partial charge in [0.25, 0.3) is 0 Å². The second kappa shape index (κ2) is 5.33. The summed E-state index contributed by atoms with van der Waals surface area (Å²) in [4.78, 5) is 8.38. The number of halogens is 1. The standard InChI is InChI=1S/C13H14FN7/c1-7(8-4-2-3-5-10(8)14)17-11-9-6-16-21-12(9)19-13(18-11)20-15/h2-7H,15H2,1H3,(H3,16,17,18,19,20,21). The monoisotopic (exact) mass is 287 g/mol. The zero-order valence-electron chi connectivity index (χ0n) is 11.3. The van der Waals surface area contributed by atoms with Crippen LogP contribution in [0, 0.1) is 5.82 Å². The molecule has 3 rings (SSSR count). The molecule has 0 aliphatic carbocycles. The Balaban J connectivity index is 1.97. The molecule has 0 radical (unpaired) electrons. The van der Waals surface area contributed by atoms with E-state index in [-0.39, 0.29) is 17.8 Å². The summed E-state index contributed by atoms with van der Waals surface area (Å²) < 4.78 is 13.8. The van der Waals surface area contributed by atoms with Crippen molar-refractivity contribution in [1.29, 1.82) is 0 Å². The highest BCUT2D eigenvalue weighted by atomic mass is 19.1. The van der Waals surface area contributed by atoms with Gasteiger partial charge in [0.05, 0.1) is 17.6 Å². The third kappa shape index (κ3) is 2.48. The normalized spacial score (nSPS) is 12.3. The number of aromatic amines is 1. The maximum atomic E-state index is 13.8. The topological polar surface area (TPSA) is 105 Å². The fourth-order valence-corrected chi connectivity index (χ4v) is 2.12. The Labute approximate surface area is 119 Å². The first kappa shape index (κ1) is 13.3. The molecule has 3 aromatic rings. The van der Waals surface area contributed by atoms with Crippen LogP contribution in [0.25, 0.3) is 11.0 Å². The Hall–Kier alpha value is -2.74. The second-order valence-corrected chi connectivity index (χ2v) is 4.56. The molecule has 0 bridgehead atoms. The molecule has 0 fully saturated rings. The number of nitrogens with two attached hydrogens (primary N) is 1. The molecule has 1 aromatic carbocycles. The molecular weight excluding hydrogens is 273 g/mol. The molecule has 0 aliphatic heterocycles. The van der Waals surface area contributed by atoms with Crippen LogP contribution in [0.3, 0.4) is 0 Å². The minimum Gasteiger partial charge on any atom is -0.363 e. The Bertz CT molecular complexity index is 770. The molecule has 7 nitrogen and oxygen atoms in total. The van der Waals surface area contributed by atoms with Crippen molar-refractivity contribution in [3.8, 4) is 0 Å². The average Bonchev–Trinajstić information content (AvgIpc) is 2.96. The Kier molecular flexibility index (Phi) is 3.36. The summed E-state index contributed by atoms with van der Waals surface area (Å²) in [6, 6.07) is 6.32. The van der Waals surface area contributed by atoms with E-state index in [1.54, 1.807) is 24.4 Å². The quantitative estimate of drug-likeness (QED) is 0.432. The number of H-pyrrole nitrogens is 1. The smallest absolute Gasteiger partial charge is 0.241 e. The Morgan fingerprint density at radius 1 is 1.29 bits per heavy atom.